The third-order valence-electron chi connectivity index (χ3n) is 5.75. The first-order chi connectivity index (χ1) is 15.5. The lowest BCUT2D eigenvalue weighted by atomic mass is 10.1. The molecule has 164 valence electrons. The van der Waals surface area contributed by atoms with Gasteiger partial charge in [-0.1, -0.05) is 11.3 Å². The van der Waals surface area contributed by atoms with Crippen LogP contribution in [-0.2, 0) is 0 Å². The Bertz CT molecular complexity index is 1190. The molecule has 1 fully saturated rings. The number of thiazole rings is 1. The number of fused-ring (bicyclic) bond motifs is 1. The van der Waals surface area contributed by atoms with Gasteiger partial charge in [-0.15, -0.1) is 0 Å². The monoisotopic (exact) mass is 447 g/mol. The Morgan fingerprint density at radius 3 is 2.91 bits per heavy atom. The quantitative estimate of drug-likeness (QED) is 0.571. The molecule has 2 aromatic heterocycles. The number of pyridine rings is 1. The molecule has 3 aromatic rings. The van der Waals surface area contributed by atoms with E-state index in [9.17, 15) is 5.11 Å². The van der Waals surface area contributed by atoms with Gasteiger partial charge in [-0.2, -0.15) is 4.98 Å². The van der Waals surface area contributed by atoms with Crippen LogP contribution in [-0.4, -0.2) is 52.4 Å². The fraction of sp³-hybridized carbons (Fsp3) is 0.292. The van der Waals surface area contributed by atoms with Crippen LogP contribution >= 0.6 is 11.3 Å². The van der Waals surface area contributed by atoms with Crippen molar-refractivity contribution < 1.29 is 9.84 Å². The maximum Gasteiger partial charge on any atom is 0.231 e. The van der Waals surface area contributed by atoms with E-state index in [1.54, 1.807) is 12.4 Å². The fourth-order valence-electron chi connectivity index (χ4n) is 3.91. The molecule has 8 heteroatoms. The van der Waals surface area contributed by atoms with Crippen molar-refractivity contribution >= 4 is 45.8 Å². The van der Waals surface area contributed by atoms with E-state index >= 15 is 0 Å². The number of nitrogens with zero attached hydrogens (tertiary/aromatic N) is 4. The zero-order chi connectivity index (χ0) is 22.1. The second-order valence-corrected chi connectivity index (χ2v) is 9.19. The molecule has 5 rings (SSSR count). The average Bonchev–Trinajstić information content (AvgIpc) is 3.35. The standard InChI is InChI=1S/C24H25N5O2S/c1-15-12-18(31-17-7-10-29(2)11-8-17)5-6-20(15)27-24-28-23(30)21(32-24)13-16-14-26-22-19(16)4-3-9-25-22/h3-6,9,12-14,17,30H,7-8,10-11H2,1-2H3,(H,27,28)/b16-13+. The Labute approximate surface area is 191 Å². The third kappa shape index (κ3) is 4.37. The highest BCUT2D eigenvalue weighted by molar-refractivity contribution is 7.16. The van der Waals surface area contributed by atoms with Crippen LogP contribution in [0.2, 0.25) is 0 Å². The number of nitrogens with one attached hydrogen (secondary N) is 1. The van der Waals surface area contributed by atoms with Gasteiger partial charge in [-0.25, -0.2) is 9.98 Å². The second-order valence-electron chi connectivity index (χ2n) is 8.16. The number of hydrogen-bond acceptors (Lipinski definition) is 8. The summed E-state index contributed by atoms with van der Waals surface area (Å²) in [5.74, 6) is 1.58. The first kappa shape index (κ1) is 20.7. The van der Waals surface area contributed by atoms with E-state index in [2.05, 4.69) is 38.3 Å². The van der Waals surface area contributed by atoms with E-state index in [1.165, 1.54) is 11.3 Å². The predicted octanol–water partition coefficient (Wildman–Crippen LogP) is 5.03. The Morgan fingerprint density at radius 2 is 2.09 bits per heavy atom. The summed E-state index contributed by atoms with van der Waals surface area (Å²) in [5, 5.41) is 14.3. The number of anilines is 2. The highest BCUT2D eigenvalue weighted by Crippen LogP contribution is 2.37. The van der Waals surface area contributed by atoms with Gasteiger partial charge >= 0.3 is 0 Å². The SMILES string of the molecule is Cc1cc(OC2CCN(C)CC2)ccc1Nc1nc(O)c(/C=C2\C=Nc3ncccc32)s1. The molecule has 0 saturated carbocycles. The maximum atomic E-state index is 10.4. The van der Waals surface area contributed by atoms with E-state index in [0.29, 0.717) is 15.8 Å². The summed E-state index contributed by atoms with van der Waals surface area (Å²) in [6, 6.07) is 9.89. The normalized spacial score (nSPS) is 17.6. The third-order valence-corrected chi connectivity index (χ3v) is 6.66. The number of allylic oxidation sites excluding steroid dienone is 1. The zero-order valence-corrected chi connectivity index (χ0v) is 18.9. The van der Waals surface area contributed by atoms with Crippen molar-refractivity contribution in [2.24, 2.45) is 4.99 Å². The Kier molecular flexibility index (Phi) is 5.63. The second kappa shape index (κ2) is 8.72. The minimum atomic E-state index is -0.00406. The number of aryl methyl sites for hydroxylation is 1. The number of likely N-dealkylation sites (tertiary alicyclic amines) is 1. The number of piperidine rings is 1. The molecular formula is C24H25N5O2S. The van der Waals surface area contributed by atoms with Crippen molar-refractivity contribution in [3.8, 4) is 11.6 Å². The van der Waals surface area contributed by atoms with Gasteiger partial charge in [0.05, 0.1) is 4.88 Å². The molecule has 32 heavy (non-hydrogen) atoms. The van der Waals surface area contributed by atoms with Crippen molar-refractivity contribution in [3.05, 3.63) is 52.5 Å². The molecule has 1 saturated heterocycles. The minimum absolute atomic E-state index is 0.00406. The first-order valence-electron chi connectivity index (χ1n) is 10.7. The maximum absolute atomic E-state index is 10.4. The molecule has 0 radical (unpaired) electrons. The first-order valence-corrected chi connectivity index (χ1v) is 11.5. The summed E-state index contributed by atoms with van der Waals surface area (Å²) in [5.41, 5.74) is 3.86. The number of ether oxygens (including phenoxy) is 1. The topological polar surface area (TPSA) is 82.9 Å². The minimum Gasteiger partial charge on any atom is -0.492 e. The van der Waals surface area contributed by atoms with Gasteiger partial charge in [-0.3, -0.25) is 0 Å². The van der Waals surface area contributed by atoms with Crippen LogP contribution in [0.5, 0.6) is 11.6 Å². The van der Waals surface area contributed by atoms with E-state index in [-0.39, 0.29) is 12.0 Å². The molecular weight excluding hydrogens is 422 g/mol. The highest BCUT2D eigenvalue weighted by atomic mass is 32.1. The molecule has 4 heterocycles. The lowest BCUT2D eigenvalue weighted by molar-refractivity contribution is 0.114. The van der Waals surface area contributed by atoms with E-state index in [4.69, 9.17) is 4.74 Å². The molecule has 0 aliphatic carbocycles. The Hall–Kier alpha value is -3.23. The number of aliphatic imine (C=N–C) groups is 1. The molecule has 1 aromatic carbocycles. The number of aromatic hydroxyl groups is 1. The van der Waals surface area contributed by atoms with Crippen LogP contribution < -0.4 is 10.1 Å². The number of benzene rings is 1. The summed E-state index contributed by atoms with van der Waals surface area (Å²) in [6.45, 7) is 4.19. The average molecular weight is 448 g/mol. The highest BCUT2D eigenvalue weighted by Gasteiger charge is 2.19. The van der Waals surface area contributed by atoms with Crippen LogP contribution in [0, 0.1) is 6.92 Å². The molecule has 2 aliphatic heterocycles. The molecule has 0 spiro atoms. The molecule has 2 aliphatic rings. The van der Waals surface area contributed by atoms with Gasteiger partial charge in [0.15, 0.2) is 10.9 Å². The Balaban J connectivity index is 1.29. The summed E-state index contributed by atoms with van der Waals surface area (Å²) < 4.78 is 6.18. The van der Waals surface area contributed by atoms with Gasteiger partial charge in [-0.05, 0) is 68.8 Å². The molecule has 0 bridgehead atoms. The smallest absolute Gasteiger partial charge is 0.231 e. The number of aromatic nitrogens is 2. The number of hydrogen-bond donors (Lipinski definition) is 2. The van der Waals surface area contributed by atoms with Crippen LogP contribution in [0.4, 0.5) is 16.6 Å². The van der Waals surface area contributed by atoms with Crippen molar-refractivity contribution in [3.63, 3.8) is 0 Å². The molecule has 0 atom stereocenters. The van der Waals surface area contributed by atoms with E-state index in [1.807, 2.05) is 37.3 Å². The van der Waals surface area contributed by atoms with Gasteiger partial charge in [0.1, 0.15) is 11.9 Å². The molecule has 7 nitrogen and oxygen atoms in total. The summed E-state index contributed by atoms with van der Waals surface area (Å²) in [4.78, 5) is 15.9. The van der Waals surface area contributed by atoms with E-state index < -0.39 is 0 Å². The summed E-state index contributed by atoms with van der Waals surface area (Å²) in [7, 11) is 2.15. The molecule has 0 amide bonds. The van der Waals surface area contributed by atoms with Crippen LogP contribution in [0.15, 0.2) is 41.5 Å². The van der Waals surface area contributed by atoms with Crippen molar-refractivity contribution in [2.45, 2.75) is 25.9 Å². The van der Waals surface area contributed by atoms with Crippen LogP contribution in [0.25, 0.3) is 11.6 Å². The number of rotatable bonds is 5. The van der Waals surface area contributed by atoms with Crippen LogP contribution in [0.1, 0.15) is 28.8 Å². The van der Waals surface area contributed by atoms with Gasteiger partial charge in [0.2, 0.25) is 5.88 Å². The molecule has 0 unspecified atom stereocenters. The van der Waals surface area contributed by atoms with Gasteiger partial charge < -0.3 is 20.1 Å². The lowest BCUT2D eigenvalue weighted by Gasteiger charge is -2.29. The van der Waals surface area contributed by atoms with E-state index in [0.717, 1.165) is 54.1 Å². The zero-order valence-electron chi connectivity index (χ0n) is 18.1. The van der Waals surface area contributed by atoms with Crippen LogP contribution in [0.3, 0.4) is 0 Å². The Morgan fingerprint density at radius 1 is 1.25 bits per heavy atom. The molecule has 2 N–H and O–H groups in total. The van der Waals surface area contributed by atoms with Crippen molar-refractivity contribution in [2.75, 3.05) is 25.5 Å². The van der Waals surface area contributed by atoms with Gasteiger partial charge in [0, 0.05) is 42.3 Å². The van der Waals surface area contributed by atoms with Gasteiger partial charge in [0.25, 0.3) is 0 Å². The summed E-state index contributed by atoms with van der Waals surface area (Å²) >= 11 is 1.39. The van der Waals surface area contributed by atoms with Crippen molar-refractivity contribution in [1.82, 2.24) is 14.9 Å². The lowest BCUT2D eigenvalue weighted by Crippen LogP contribution is -2.35. The summed E-state index contributed by atoms with van der Waals surface area (Å²) in [6.07, 6.45) is 7.75. The predicted molar refractivity (Wildman–Crippen MR) is 130 cm³/mol. The fourth-order valence-corrected chi connectivity index (χ4v) is 4.74. The van der Waals surface area contributed by atoms with Crippen molar-refractivity contribution in [1.29, 1.82) is 0 Å². The largest absolute Gasteiger partial charge is 0.492 e.